The Labute approximate surface area is 146 Å². The van der Waals surface area contributed by atoms with Gasteiger partial charge >= 0.3 is 0 Å². The lowest BCUT2D eigenvalue weighted by Crippen LogP contribution is -2.18. The zero-order valence-corrected chi connectivity index (χ0v) is 16.3. The number of rotatable bonds is 6. The van der Waals surface area contributed by atoms with Crippen molar-refractivity contribution in [2.75, 3.05) is 18.1 Å². The van der Waals surface area contributed by atoms with Crippen molar-refractivity contribution in [1.29, 1.82) is 0 Å². The molecule has 130 valence electrons. The Morgan fingerprint density at radius 3 is 2.04 bits per heavy atom. The molecule has 2 rings (SSSR count). The molecule has 0 bridgehead atoms. The molecule has 1 saturated heterocycles. The lowest BCUT2D eigenvalue weighted by Gasteiger charge is -2.28. The predicted octanol–water partition coefficient (Wildman–Crippen LogP) is 5.05. The molecule has 1 aromatic rings. The van der Waals surface area contributed by atoms with E-state index in [1.807, 2.05) is 11.8 Å². The summed E-state index contributed by atoms with van der Waals surface area (Å²) in [4.78, 5) is 0. The molecule has 0 saturated carbocycles. The summed E-state index contributed by atoms with van der Waals surface area (Å²) in [6.45, 7) is 14.0. The van der Waals surface area contributed by atoms with Crippen molar-refractivity contribution in [3.05, 3.63) is 28.8 Å². The van der Waals surface area contributed by atoms with Gasteiger partial charge in [0.25, 0.3) is 0 Å². The molecule has 1 aliphatic rings. The molecule has 23 heavy (non-hydrogen) atoms. The molecule has 0 aromatic heterocycles. The van der Waals surface area contributed by atoms with Crippen molar-refractivity contribution in [2.24, 2.45) is 0 Å². The number of phenols is 1. The number of ether oxygens (including phenoxy) is 1. The maximum absolute atomic E-state index is 10.7. The first-order valence-corrected chi connectivity index (χ1v) is 9.80. The topological polar surface area (TPSA) is 32.8 Å². The standard InChI is InChI=1S/C20H32O2S/c1-19(2,3)16-10-14(8-7-9-23-13-15-12-22-15)11-17(18(16)21)20(4,5)6/h10-11,15,21H,7-9,12-13H2,1-6H3. The molecular formula is C20H32O2S. The van der Waals surface area contributed by atoms with Gasteiger partial charge in [0.05, 0.1) is 12.7 Å². The number of aromatic hydroxyl groups is 1. The summed E-state index contributed by atoms with van der Waals surface area (Å²) in [6.07, 6.45) is 2.77. The van der Waals surface area contributed by atoms with E-state index in [1.54, 1.807) is 0 Å². The van der Waals surface area contributed by atoms with E-state index in [2.05, 4.69) is 53.7 Å². The maximum atomic E-state index is 10.7. The smallest absolute Gasteiger partial charge is 0.123 e. The van der Waals surface area contributed by atoms with Gasteiger partial charge in [-0.1, -0.05) is 53.7 Å². The van der Waals surface area contributed by atoms with Crippen molar-refractivity contribution in [3.8, 4) is 5.75 Å². The van der Waals surface area contributed by atoms with Crippen molar-refractivity contribution >= 4 is 11.8 Å². The van der Waals surface area contributed by atoms with Gasteiger partial charge in [0, 0.05) is 5.75 Å². The van der Waals surface area contributed by atoms with E-state index in [-0.39, 0.29) is 10.8 Å². The summed E-state index contributed by atoms with van der Waals surface area (Å²) in [5, 5.41) is 10.7. The molecule has 1 N–H and O–H groups in total. The third-order valence-corrected chi connectivity index (χ3v) is 5.43. The van der Waals surface area contributed by atoms with Gasteiger partial charge in [0.1, 0.15) is 5.75 Å². The molecule has 1 aliphatic heterocycles. The third kappa shape index (κ3) is 5.42. The van der Waals surface area contributed by atoms with E-state index in [0.29, 0.717) is 11.9 Å². The monoisotopic (exact) mass is 336 g/mol. The van der Waals surface area contributed by atoms with Gasteiger partial charge in [-0.25, -0.2) is 0 Å². The first-order chi connectivity index (χ1) is 10.6. The Balaban J connectivity index is 2.11. The maximum Gasteiger partial charge on any atom is 0.123 e. The van der Waals surface area contributed by atoms with Gasteiger partial charge in [-0.15, -0.1) is 0 Å². The molecule has 1 aromatic carbocycles. The number of aryl methyl sites for hydroxylation is 1. The van der Waals surface area contributed by atoms with Gasteiger partial charge in [0.15, 0.2) is 0 Å². The van der Waals surface area contributed by atoms with Gasteiger partial charge in [-0.05, 0) is 46.1 Å². The van der Waals surface area contributed by atoms with Crippen LogP contribution in [0.15, 0.2) is 12.1 Å². The molecule has 1 atom stereocenters. The predicted molar refractivity (Wildman–Crippen MR) is 101 cm³/mol. The normalized spacial score (nSPS) is 18.3. The average molecular weight is 337 g/mol. The number of phenolic OH excluding ortho intramolecular Hbond substituents is 1. The fraction of sp³-hybridized carbons (Fsp3) is 0.700. The van der Waals surface area contributed by atoms with Crippen LogP contribution in [0.25, 0.3) is 0 Å². The number of hydrogen-bond donors (Lipinski definition) is 1. The summed E-state index contributed by atoms with van der Waals surface area (Å²) in [5.41, 5.74) is 3.40. The van der Waals surface area contributed by atoms with Crippen LogP contribution in [-0.4, -0.2) is 29.3 Å². The van der Waals surface area contributed by atoms with Crippen LogP contribution >= 0.6 is 11.8 Å². The van der Waals surface area contributed by atoms with Crippen molar-refractivity contribution < 1.29 is 9.84 Å². The zero-order valence-electron chi connectivity index (χ0n) is 15.5. The van der Waals surface area contributed by atoms with E-state index < -0.39 is 0 Å². The summed E-state index contributed by atoms with van der Waals surface area (Å²) in [7, 11) is 0. The van der Waals surface area contributed by atoms with Crippen molar-refractivity contribution in [3.63, 3.8) is 0 Å². The number of epoxide rings is 1. The molecule has 1 heterocycles. The summed E-state index contributed by atoms with van der Waals surface area (Å²) in [5.74, 6) is 2.79. The Bertz CT molecular complexity index is 499. The van der Waals surface area contributed by atoms with E-state index in [1.165, 1.54) is 17.7 Å². The molecule has 0 radical (unpaired) electrons. The highest BCUT2D eigenvalue weighted by molar-refractivity contribution is 7.99. The van der Waals surface area contributed by atoms with Crippen LogP contribution in [0, 0.1) is 0 Å². The molecule has 0 amide bonds. The fourth-order valence-electron chi connectivity index (χ4n) is 2.74. The lowest BCUT2D eigenvalue weighted by molar-refractivity contribution is 0.422. The second kappa shape index (κ2) is 7.06. The van der Waals surface area contributed by atoms with Gasteiger partial charge < -0.3 is 9.84 Å². The number of benzene rings is 1. The van der Waals surface area contributed by atoms with Crippen LogP contribution in [-0.2, 0) is 22.0 Å². The Morgan fingerprint density at radius 1 is 1.09 bits per heavy atom. The van der Waals surface area contributed by atoms with E-state index in [4.69, 9.17) is 4.74 Å². The minimum atomic E-state index is -0.0435. The second-order valence-electron chi connectivity index (χ2n) is 8.67. The fourth-order valence-corrected chi connectivity index (χ4v) is 3.71. The summed E-state index contributed by atoms with van der Waals surface area (Å²) < 4.78 is 5.24. The van der Waals surface area contributed by atoms with Gasteiger partial charge in [-0.2, -0.15) is 11.8 Å². The molecule has 1 unspecified atom stereocenters. The SMILES string of the molecule is CC(C)(C)c1cc(CCCSCC2CO2)cc(C(C)(C)C)c1O. The van der Waals surface area contributed by atoms with Crippen LogP contribution in [0.3, 0.4) is 0 Å². The second-order valence-corrected chi connectivity index (χ2v) is 9.82. The van der Waals surface area contributed by atoms with Crippen LogP contribution < -0.4 is 0 Å². The Hall–Kier alpha value is -0.670. The van der Waals surface area contributed by atoms with E-state index in [0.717, 1.165) is 29.9 Å². The molecule has 0 aliphatic carbocycles. The molecule has 1 fully saturated rings. The van der Waals surface area contributed by atoms with Crippen LogP contribution in [0.2, 0.25) is 0 Å². The van der Waals surface area contributed by atoms with Crippen LogP contribution in [0.1, 0.15) is 64.7 Å². The average Bonchev–Trinajstić information content (AvgIpc) is 3.21. The molecule has 0 spiro atoms. The molecular weight excluding hydrogens is 304 g/mol. The third-order valence-electron chi connectivity index (χ3n) is 4.25. The number of thioether (sulfide) groups is 1. The zero-order chi connectivity index (χ0) is 17.3. The minimum Gasteiger partial charge on any atom is -0.507 e. The highest BCUT2D eigenvalue weighted by atomic mass is 32.2. The van der Waals surface area contributed by atoms with Crippen molar-refractivity contribution in [2.45, 2.75) is 71.3 Å². The highest BCUT2D eigenvalue weighted by Crippen LogP contribution is 2.40. The Kier molecular flexibility index (Phi) is 5.73. The van der Waals surface area contributed by atoms with Crippen LogP contribution in [0.4, 0.5) is 0 Å². The van der Waals surface area contributed by atoms with Gasteiger partial charge in [-0.3, -0.25) is 0 Å². The van der Waals surface area contributed by atoms with E-state index in [9.17, 15) is 5.11 Å². The largest absolute Gasteiger partial charge is 0.507 e. The first kappa shape index (κ1) is 18.7. The summed E-state index contributed by atoms with van der Waals surface area (Å²) in [6, 6.07) is 4.42. The van der Waals surface area contributed by atoms with Gasteiger partial charge in [0.2, 0.25) is 0 Å². The van der Waals surface area contributed by atoms with E-state index >= 15 is 0 Å². The Morgan fingerprint density at radius 2 is 1.61 bits per heavy atom. The van der Waals surface area contributed by atoms with Crippen molar-refractivity contribution in [1.82, 2.24) is 0 Å². The summed E-state index contributed by atoms with van der Waals surface area (Å²) >= 11 is 1.99. The first-order valence-electron chi connectivity index (χ1n) is 8.65. The molecule has 2 nitrogen and oxygen atoms in total. The van der Waals surface area contributed by atoms with Crippen LogP contribution in [0.5, 0.6) is 5.75 Å². The quantitative estimate of drug-likeness (QED) is 0.583. The lowest BCUT2D eigenvalue weighted by atomic mass is 9.78. The molecule has 3 heteroatoms. The highest BCUT2D eigenvalue weighted by Gasteiger charge is 2.26. The minimum absolute atomic E-state index is 0.0435. The number of hydrogen-bond acceptors (Lipinski definition) is 3.